The molecule has 2 aromatic carbocycles. The number of hydrogen-bond acceptors (Lipinski definition) is 5. The molecule has 0 aliphatic carbocycles. The van der Waals surface area contributed by atoms with Gasteiger partial charge in [0.1, 0.15) is 5.75 Å². The first-order chi connectivity index (χ1) is 11.5. The second kappa shape index (κ2) is 7.96. The lowest BCUT2D eigenvalue weighted by atomic mass is 10.2. The number of aryl methyl sites for hydroxylation is 1. The standard InChI is InChI=1S/C17H18N2O5/c1-3-12-5-4-6-14(9-12)24-11-17(20)18-13-7-8-16(23-2)15(10-13)19(21)22/h4-10H,3,11H2,1-2H3,(H,18,20). The lowest BCUT2D eigenvalue weighted by molar-refractivity contribution is -0.385. The van der Waals surface area contributed by atoms with E-state index in [0.717, 1.165) is 12.0 Å². The van der Waals surface area contributed by atoms with Crippen LogP contribution >= 0.6 is 0 Å². The number of rotatable bonds is 7. The molecular weight excluding hydrogens is 312 g/mol. The van der Waals surface area contributed by atoms with Gasteiger partial charge >= 0.3 is 5.69 Å². The van der Waals surface area contributed by atoms with Gasteiger partial charge in [0.2, 0.25) is 0 Å². The van der Waals surface area contributed by atoms with Crippen molar-refractivity contribution in [2.45, 2.75) is 13.3 Å². The Hall–Kier alpha value is -3.09. The molecular formula is C17H18N2O5. The molecule has 0 atom stereocenters. The number of carbonyl (C=O) groups excluding carboxylic acids is 1. The molecule has 126 valence electrons. The van der Waals surface area contributed by atoms with Crippen molar-refractivity contribution in [1.29, 1.82) is 0 Å². The third kappa shape index (κ3) is 4.45. The zero-order valence-electron chi connectivity index (χ0n) is 13.4. The summed E-state index contributed by atoms with van der Waals surface area (Å²) in [5, 5.41) is 13.5. The topological polar surface area (TPSA) is 90.7 Å². The number of hydrogen-bond donors (Lipinski definition) is 1. The molecule has 0 aliphatic heterocycles. The number of nitro benzene ring substituents is 1. The molecule has 1 N–H and O–H groups in total. The normalized spacial score (nSPS) is 10.1. The largest absolute Gasteiger partial charge is 0.490 e. The number of methoxy groups -OCH3 is 1. The highest BCUT2D eigenvalue weighted by atomic mass is 16.6. The maximum absolute atomic E-state index is 11.9. The number of ether oxygens (including phenoxy) is 2. The summed E-state index contributed by atoms with van der Waals surface area (Å²) in [4.78, 5) is 22.3. The number of nitro groups is 1. The number of nitrogens with zero attached hydrogens (tertiary/aromatic N) is 1. The van der Waals surface area contributed by atoms with Gasteiger partial charge in [-0.1, -0.05) is 19.1 Å². The summed E-state index contributed by atoms with van der Waals surface area (Å²) < 4.78 is 10.3. The van der Waals surface area contributed by atoms with Crippen LogP contribution in [0.1, 0.15) is 12.5 Å². The molecule has 2 aromatic rings. The van der Waals surface area contributed by atoms with Crippen LogP contribution in [0.2, 0.25) is 0 Å². The minimum Gasteiger partial charge on any atom is -0.490 e. The first-order valence-corrected chi connectivity index (χ1v) is 7.37. The summed E-state index contributed by atoms with van der Waals surface area (Å²) in [6.07, 6.45) is 0.874. The van der Waals surface area contributed by atoms with E-state index in [1.54, 1.807) is 6.07 Å². The quantitative estimate of drug-likeness (QED) is 0.622. The van der Waals surface area contributed by atoms with Crippen molar-refractivity contribution in [3.63, 3.8) is 0 Å². The average molecular weight is 330 g/mol. The first-order valence-electron chi connectivity index (χ1n) is 7.37. The van der Waals surface area contributed by atoms with Crippen LogP contribution in [0.15, 0.2) is 42.5 Å². The van der Waals surface area contributed by atoms with E-state index < -0.39 is 10.8 Å². The monoisotopic (exact) mass is 330 g/mol. The van der Waals surface area contributed by atoms with E-state index in [1.165, 1.54) is 25.3 Å². The Kier molecular flexibility index (Phi) is 5.73. The van der Waals surface area contributed by atoms with Crippen LogP contribution in [0.25, 0.3) is 0 Å². The maximum Gasteiger partial charge on any atom is 0.312 e. The van der Waals surface area contributed by atoms with Gasteiger partial charge in [-0.05, 0) is 36.2 Å². The van der Waals surface area contributed by atoms with E-state index in [1.807, 2.05) is 25.1 Å². The van der Waals surface area contributed by atoms with Crippen molar-refractivity contribution in [2.24, 2.45) is 0 Å². The van der Waals surface area contributed by atoms with Crippen LogP contribution in [0, 0.1) is 10.1 Å². The minimum atomic E-state index is -0.568. The lowest BCUT2D eigenvalue weighted by Gasteiger charge is -2.09. The summed E-state index contributed by atoms with van der Waals surface area (Å²) in [6.45, 7) is 1.84. The molecule has 0 radical (unpaired) electrons. The Morgan fingerprint density at radius 3 is 2.71 bits per heavy atom. The Balaban J connectivity index is 1.99. The Morgan fingerprint density at radius 2 is 2.04 bits per heavy atom. The molecule has 1 amide bonds. The zero-order chi connectivity index (χ0) is 17.5. The maximum atomic E-state index is 11.9. The van der Waals surface area contributed by atoms with Crippen LogP contribution < -0.4 is 14.8 Å². The second-order valence-electron chi connectivity index (χ2n) is 4.98. The van der Waals surface area contributed by atoms with Crippen LogP contribution in [-0.2, 0) is 11.2 Å². The summed E-state index contributed by atoms with van der Waals surface area (Å²) in [6, 6.07) is 11.7. The summed E-state index contributed by atoms with van der Waals surface area (Å²) in [5.74, 6) is 0.326. The summed E-state index contributed by atoms with van der Waals surface area (Å²) >= 11 is 0. The second-order valence-corrected chi connectivity index (χ2v) is 4.98. The Bertz CT molecular complexity index is 746. The third-order valence-corrected chi connectivity index (χ3v) is 3.34. The van der Waals surface area contributed by atoms with Gasteiger partial charge in [0, 0.05) is 11.8 Å². The highest BCUT2D eigenvalue weighted by molar-refractivity contribution is 5.92. The van der Waals surface area contributed by atoms with E-state index in [4.69, 9.17) is 9.47 Å². The highest BCUT2D eigenvalue weighted by Crippen LogP contribution is 2.29. The molecule has 7 heteroatoms. The van der Waals surface area contributed by atoms with Crippen molar-refractivity contribution in [2.75, 3.05) is 19.0 Å². The predicted octanol–water partition coefficient (Wildman–Crippen LogP) is 3.18. The summed E-state index contributed by atoms with van der Waals surface area (Å²) in [7, 11) is 1.35. The van der Waals surface area contributed by atoms with Gasteiger partial charge < -0.3 is 14.8 Å². The number of carbonyl (C=O) groups is 1. The van der Waals surface area contributed by atoms with E-state index in [0.29, 0.717) is 11.4 Å². The van der Waals surface area contributed by atoms with E-state index >= 15 is 0 Å². The SMILES string of the molecule is CCc1cccc(OCC(=O)Nc2ccc(OC)c([N+](=O)[O-])c2)c1. The number of benzene rings is 2. The molecule has 0 unspecified atom stereocenters. The van der Waals surface area contributed by atoms with E-state index in [-0.39, 0.29) is 18.0 Å². The molecule has 0 saturated heterocycles. The molecule has 0 aliphatic rings. The number of anilines is 1. The fourth-order valence-corrected chi connectivity index (χ4v) is 2.11. The van der Waals surface area contributed by atoms with Gasteiger partial charge in [-0.25, -0.2) is 0 Å². The molecule has 7 nitrogen and oxygen atoms in total. The molecule has 0 heterocycles. The van der Waals surface area contributed by atoms with Gasteiger partial charge in [0.05, 0.1) is 12.0 Å². The fourth-order valence-electron chi connectivity index (χ4n) is 2.11. The number of amides is 1. The lowest BCUT2D eigenvalue weighted by Crippen LogP contribution is -2.20. The molecule has 24 heavy (non-hydrogen) atoms. The molecule has 0 fully saturated rings. The van der Waals surface area contributed by atoms with Gasteiger partial charge in [-0.15, -0.1) is 0 Å². The zero-order valence-corrected chi connectivity index (χ0v) is 13.4. The molecule has 0 bridgehead atoms. The van der Waals surface area contributed by atoms with Crippen molar-refractivity contribution in [3.05, 3.63) is 58.1 Å². The highest BCUT2D eigenvalue weighted by Gasteiger charge is 2.16. The van der Waals surface area contributed by atoms with Gasteiger partial charge in [-0.3, -0.25) is 14.9 Å². The molecule has 0 saturated carbocycles. The van der Waals surface area contributed by atoms with Crippen molar-refractivity contribution in [3.8, 4) is 11.5 Å². The Labute approximate surface area is 139 Å². The fraction of sp³-hybridized carbons (Fsp3) is 0.235. The first kappa shape index (κ1) is 17.3. The van der Waals surface area contributed by atoms with E-state index in [9.17, 15) is 14.9 Å². The average Bonchev–Trinajstić information content (AvgIpc) is 2.60. The van der Waals surface area contributed by atoms with Crippen LogP contribution in [0.4, 0.5) is 11.4 Å². The molecule has 0 aromatic heterocycles. The van der Waals surface area contributed by atoms with Crippen LogP contribution in [0.3, 0.4) is 0 Å². The van der Waals surface area contributed by atoms with Crippen LogP contribution in [-0.4, -0.2) is 24.5 Å². The molecule has 0 spiro atoms. The van der Waals surface area contributed by atoms with Crippen molar-refractivity contribution in [1.82, 2.24) is 0 Å². The van der Waals surface area contributed by atoms with Gasteiger partial charge in [-0.2, -0.15) is 0 Å². The van der Waals surface area contributed by atoms with Crippen molar-refractivity contribution >= 4 is 17.3 Å². The predicted molar refractivity (Wildman–Crippen MR) is 89.6 cm³/mol. The summed E-state index contributed by atoms with van der Waals surface area (Å²) in [5.41, 5.74) is 1.20. The van der Waals surface area contributed by atoms with Gasteiger partial charge in [0.15, 0.2) is 12.4 Å². The minimum absolute atomic E-state index is 0.130. The molecule has 2 rings (SSSR count). The number of nitrogens with one attached hydrogen (secondary N) is 1. The van der Waals surface area contributed by atoms with Crippen LogP contribution in [0.5, 0.6) is 11.5 Å². The Morgan fingerprint density at radius 1 is 1.25 bits per heavy atom. The van der Waals surface area contributed by atoms with Crippen molar-refractivity contribution < 1.29 is 19.2 Å². The smallest absolute Gasteiger partial charge is 0.312 e. The van der Waals surface area contributed by atoms with E-state index in [2.05, 4.69) is 5.32 Å². The third-order valence-electron chi connectivity index (χ3n) is 3.34. The van der Waals surface area contributed by atoms with Gasteiger partial charge in [0.25, 0.3) is 5.91 Å².